The first-order valence-electron chi connectivity index (χ1n) is 6.42. The van der Waals surface area contributed by atoms with E-state index in [-0.39, 0.29) is 23.7 Å². The van der Waals surface area contributed by atoms with Crippen LogP contribution in [0, 0.1) is 5.41 Å². The quantitative estimate of drug-likeness (QED) is 0.801. The second kappa shape index (κ2) is 4.99. The first kappa shape index (κ1) is 13.5. The van der Waals surface area contributed by atoms with Crippen molar-refractivity contribution in [3.05, 3.63) is 18.0 Å². The molecule has 1 saturated carbocycles. The number of rotatable bonds is 6. The summed E-state index contributed by atoms with van der Waals surface area (Å²) in [5, 5.41) is 17.0. The van der Waals surface area contributed by atoms with E-state index in [2.05, 4.69) is 24.3 Å². The van der Waals surface area contributed by atoms with Crippen molar-refractivity contribution in [2.45, 2.75) is 45.4 Å². The molecular weight excluding hydrogens is 232 g/mol. The summed E-state index contributed by atoms with van der Waals surface area (Å²) in [5.74, 6) is 0. The largest absolute Gasteiger partial charge is 0.394 e. The Bertz CT molecular complexity index is 378. The van der Waals surface area contributed by atoms with Gasteiger partial charge in [0.2, 0.25) is 0 Å². The molecule has 18 heavy (non-hydrogen) atoms. The Labute approximate surface area is 107 Å². The Balaban J connectivity index is 2.00. The van der Waals surface area contributed by atoms with Gasteiger partial charge >= 0.3 is 0 Å². The highest BCUT2D eigenvalue weighted by molar-refractivity contribution is 5.15. The van der Waals surface area contributed by atoms with Crippen LogP contribution in [-0.4, -0.2) is 35.1 Å². The van der Waals surface area contributed by atoms with Gasteiger partial charge in [-0.25, -0.2) is 0 Å². The monoisotopic (exact) mass is 254 g/mol. The Morgan fingerprint density at radius 1 is 1.61 bits per heavy atom. The lowest BCUT2D eigenvalue weighted by molar-refractivity contribution is -0.177. The van der Waals surface area contributed by atoms with Gasteiger partial charge in [0, 0.05) is 24.6 Å². The third kappa shape index (κ3) is 2.06. The van der Waals surface area contributed by atoms with E-state index in [9.17, 15) is 5.11 Å². The van der Waals surface area contributed by atoms with Gasteiger partial charge in [-0.3, -0.25) is 0 Å². The second-order valence-electron chi connectivity index (χ2n) is 5.45. The molecule has 1 aromatic rings. The lowest BCUT2D eigenvalue weighted by Gasteiger charge is -2.60. The molecular formula is C13H22N2O3. The number of hydrogen-bond acceptors (Lipinski definition) is 5. The van der Waals surface area contributed by atoms with Gasteiger partial charge in [-0.15, -0.1) is 0 Å². The van der Waals surface area contributed by atoms with Crippen LogP contribution in [0.15, 0.2) is 16.9 Å². The molecule has 0 radical (unpaired) electrons. The molecule has 1 aliphatic rings. The molecule has 0 spiro atoms. The number of aromatic nitrogens is 1. The fraction of sp³-hybridized carbons (Fsp3) is 0.769. The number of aliphatic hydroxyl groups is 1. The maximum Gasteiger partial charge on any atom is 0.124 e. The smallest absolute Gasteiger partial charge is 0.124 e. The maximum absolute atomic E-state index is 9.72. The fourth-order valence-corrected chi connectivity index (χ4v) is 2.69. The molecule has 2 unspecified atom stereocenters. The summed E-state index contributed by atoms with van der Waals surface area (Å²) >= 11 is 0. The average molecular weight is 254 g/mol. The van der Waals surface area contributed by atoms with E-state index in [4.69, 9.17) is 9.26 Å². The SMILES string of the molecule is CCOC1CC(CO)(NCc2ccon2)C1(C)C. The Morgan fingerprint density at radius 2 is 2.39 bits per heavy atom. The summed E-state index contributed by atoms with van der Waals surface area (Å²) in [4.78, 5) is 0. The van der Waals surface area contributed by atoms with E-state index >= 15 is 0 Å². The molecule has 102 valence electrons. The number of ether oxygens (including phenoxy) is 1. The highest BCUT2D eigenvalue weighted by atomic mass is 16.5. The van der Waals surface area contributed by atoms with Crippen LogP contribution < -0.4 is 5.32 Å². The first-order valence-corrected chi connectivity index (χ1v) is 6.42. The average Bonchev–Trinajstić information content (AvgIpc) is 2.86. The minimum Gasteiger partial charge on any atom is -0.394 e. The molecule has 0 saturated heterocycles. The molecule has 0 bridgehead atoms. The van der Waals surface area contributed by atoms with Crippen molar-refractivity contribution >= 4 is 0 Å². The van der Waals surface area contributed by atoms with Gasteiger partial charge in [0.05, 0.1) is 23.9 Å². The lowest BCUT2D eigenvalue weighted by atomic mass is 9.54. The van der Waals surface area contributed by atoms with E-state index < -0.39 is 0 Å². The molecule has 2 atom stereocenters. The molecule has 2 N–H and O–H groups in total. The highest BCUT2D eigenvalue weighted by Crippen LogP contribution is 2.51. The van der Waals surface area contributed by atoms with E-state index in [1.165, 1.54) is 0 Å². The molecule has 2 rings (SSSR count). The van der Waals surface area contributed by atoms with Crippen LogP contribution in [0.25, 0.3) is 0 Å². The predicted molar refractivity (Wildman–Crippen MR) is 67.0 cm³/mol. The van der Waals surface area contributed by atoms with Crippen LogP contribution in [0.2, 0.25) is 0 Å². The number of nitrogens with one attached hydrogen (secondary N) is 1. The zero-order chi connectivity index (χ0) is 13.2. The zero-order valence-corrected chi connectivity index (χ0v) is 11.3. The van der Waals surface area contributed by atoms with Gasteiger partial charge < -0.3 is 19.7 Å². The van der Waals surface area contributed by atoms with E-state index in [0.29, 0.717) is 13.2 Å². The normalized spacial score (nSPS) is 30.1. The highest BCUT2D eigenvalue weighted by Gasteiger charge is 2.60. The van der Waals surface area contributed by atoms with Crippen LogP contribution in [0.4, 0.5) is 0 Å². The van der Waals surface area contributed by atoms with Crippen molar-refractivity contribution in [3.63, 3.8) is 0 Å². The first-order chi connectivity index (χ1) is 8.55. The van der Waals surface area contributed by atoms with Crippen LogP contribution in [-0.2, 0) is 11.3 Å². The standard InChI is InChI=1S/C13H22N2O3/c1-4-17-11-7-13(9-16,12(11,2)3)14-8-10-5-6-18-15-10/h5-6,11,14,16H,4,7-9H2,1-3H3. The van der Waals surface area contributed by atoms with Gasteiger partial charge in [-0.2, -0.15) is 0 Å². The van der Waals surface area contributed by atoms with Crippen molar-refractivity contribution in [3.8, 4) is 0 Å². The van der Waals surface area contributed by atoms with Crippen molar-refractivity contribution in [1.29, 1.82) is 0 Å². The molecule has 0 aromatic carbocycles. The lowest BCUT2D eigenvalue weighted by Crippen LogP contribution is -2.73. The molecule has 0 aliphatic heterocycles. The van der Waals surface area contributed by atoms with Crippen LogP contribution in [0.5, 0.6) is 0 Å². The Morgan fingerprint density at radius 3 is 2.89 bits per heavy atom. The number of aliphatic hydroxyl groups excluding tert-OH is 1. The third-order valence-electron chi connectivity index (χ3n) is 4.31. The molecule has 1 heterocycles. The summed E-state index contributed by atoms with van der Waals surface area (Å²) in [7, 11) is 0. The van der Waals surface area contributed by atoms with Crippen LogP contribution in [0.3, 0.4) is 0 Å². The van der Waals surface area contributed by atoms with E-state index in [0.717, 1.165) is 12.1 Å². The van der Waals surface area contributed by atoms with Crippen molar-refractivity contribution in [2.24, 2.45) is 5.41 Å². The third-order valence-corrected chi connectivity index (χ3v) is 4.31. The van der Waals surface area contributed by atoms with Gasteiger partial charge in [0.1, 0.15) is 6.26 Å². The maximum atomic E-state index is 9.72. The summed E-state index contributed by atoms with van der Waals surface area (Å²) < 4.78 is 10.5. The molecule has 5 heteroatoms. The van der Waals surface area contributed by atoms with Crippen molar-refractivity contribution in [2.75, 3.05) is 13.2 Å². The van der Waals surface area contributed by atoms with Crippen LogP contribution >= 0.6 is 0 Å². The molecule has 5 nitrogen and oxygen atoms in total. The fourth-order valence-electron chi connectivity index (χ4n) is 2.69. The minimum atomic E-state index is -0.300. The van der Waals surface area contributed by atoms with E-state index in [1.54, 1.807) is 6.26 Å². The molecule has 1 aromatic heterocycles. The number of nitrogens with zero attached hydrogens (tertiary/aromatic N) is 1. The van der Waals surface area contributed by atoms with Gasteiger partial charge in [-0.05, 0) is 13.3 Å². The molecule has 0 amide bonds. The van der Waals surface area contributed by atoms with Gasteiger partial charge in [0.15, 0.2) is 0 Å². The van der Waals surface area contributed by atoms with Crippen molar-refractivity contribution < 1.29 is 14.4 Å². The Hall–Kier alpha value is -0.910. The second-order valence-corrected chi connectivity index (χ2v) is 5.45. The minimum absolute atomic E-state index is 0.0957. The predicted octanol–water partition coefficient (Wildman–Crippen LogP) is 1.33. The number of hydrogen-bond donors (Lipinski definition) is 2. The van der Waals surface area contributed by atoms with Gasteiger partial charge in [0.25, 0.3) is 0 Å². The van der Waals surface area contributed by atoms with Crippen molar-refractivity contribution in [1.82, 2.24) is 10.5 Å². The molecule has 1 fully saturated rings. The summed E-state index contributed by atoms with van der Waals surface area (Å²) in [6.07, 6.45) is 2.57. The van der Waals surface area contributed by atoms with E-state index in [1.807, 2.05) is 13.0 Å². The van der Waals surface area contributed by atoms with Crippen LogP contribution in [0.1, 0.15) is 32.9 Å². The molecule has 1 aliphatic carbocycles. The summed E-state index contributed by atoms with van der Waals surface area (Å²) in [6.45, 7) is 7.66. The van der Waals surface area contributed by atoms with Gasteiger partial charge in [-0.1, -0.05) is 19.0 Å². The Kier molecular flexibility index (Phi) is 3.75. The summed E-state index contributed by atoms with van der Waals surface area (Å²) in [5.41, 5.74) is 0.450. The topological polar surface area (TPSA) is 67.5 Å². The summed E-state index contributed by atoms with van der Waals surface area (Å²) in [6, 6.07) is 1.82. The zero-order valence-electron chi connectivity index (χ0n) is 11.3.